The molecule has 1 rings (SSSR count). The molecule has 0 unspecified atom stereocenters. The molecule has 0 spiro atoms. The maximum atomic E-state index is 10.1. The van der Waals surface area contributed by atoms with Crippen molar-refractivity contribution in [3.63, 3.8) is 0 Å². The maximum absolute atomic E-state index is 10.1. The molecule has 3 N–H and O–H groups in total. The molecule has 0 saturated carbocycles. The minimum absolute atomic E-state index is 0.214. The predicted octanol–water partition coefficient (Wildman–Crippen LogP) is 0.787. The molecular weight excluding hydrogens is 231 g/mol. The third-order valence-electron chi connectivity index (χ3n) is 3.42. The van der Waals surface area contributed by atoms with Crippen LogP contribution in [-0.4, -0.2) is 38.6 Å². The summed E-state index contributed by atoms with van der Waals surface area (Å²) in [5, 5.41) is 26.9. The number of nitrogens with one attached hydrogen (secondary N) is 1. The third kappa shape index (κ3) is 3.13. The van der Waals surface area contributed by atoms with Gasteiger partial charge < -0.3 is 14.8 Å². The van der Waals surface area contributed by atoms with Gasteiger partial charge in [0, 0.05) is 17.4 Å². The van der Waals surface area contributed by atoms with Crippen LogP contribution in [0, 0.1) is 0 Å². The molecule has 1 aromatic heterocycles. The predicted molar refractivity (Wildman–Crippen MR) is 71.7 cm³/mol. The van der Waals surface area contributed by atoms with Crippen LogP contribution in [0.1, 0.15) is 53.2 Å². The van der Waals surface area contributed by atoms with E-state index in [0.717, 1.165) is 5.69 Å². The van der Waals surface area contributed by atoms with Gasteiger partial charge in [-0.1, -0.05) is 13.8 Å². The minimum Gasteiger partial charge on any atom is -0.423 e. The van der Waals surface area contributed by atoms with E-state index in [9.17, 15) is 10.1 Å². The van der Waals surface area contributed by atoms with Gasteiger partial charge in [0.1, 0.15) is 0 Å². The lowest BCUT2D eigenvalue weighted by Crippen LogP contribution is -2.53. The van der Waals surface area contributed by atoms with Crippen molar-refractivity contribution in [3.8, 4) is 0 Å². The van der Waals surface area contributed by atoms with Gasteiger partial charge in [0.05, 0.1) is 11.2 Å². The minimum atomic E-state index is -1.11. The van der Waals surface area contributed by atoms with Crippen molar-refractivity contribution >= 4 is 12.6 Å². The monoisotopic (exact) mass is 254 g/mol. The zero-order chi connectivity index (χ0) is 14.1. The van der Waals surface area contributed by atoms with Crippen LogP contribution >= 0.6 is 0 Å². The molecule has 102 valence electrons. The fourth-order valence-corrected chi connectivity index (χ4v) is 1.45. The molecular formula is C12H23BN2O3. The van der Waals surface area contributed by atoms with Gasteiger partial charge in [-0.15, -0.1) is 0 Å². The first kappa shape index (κ1) is 15.2. The lowest BCUT2D eigenvalue weighted by molar-refractivity contribution is -0.0982. The van der Waals surface area contributed by atoms with Crippen molar-refractivity contribution in [2.24, 2.45) is 0 Å². The molecule has 0 aliphatic rings. The SMILES string of the molecule is CC(C)c1[nH]ncc1B(O)OC(C)(C)C(C)(C)O. The van der Waals surface area contributed by atoms with E-state index in [1.54, 1.807) is 33.9 Å². The number of aliphatic hydroxyl groups is 1. The van der Waals surface area contributed by atoms with E-state index in [-0.39, 0.29) is 5.92 Å². The summed E-state index contributed by atoms with van der Waals surface area (Å²) in [7, 11) is -1.11. The van der Waals surface area contributed by atoms with E-state index in [0.29, 0.717) is 5.46 Å². The number of nitrogens with zero attached hydrogens (tertiary/aromatic N) is 1. The van der Waals surface area contributed by atoms with Crippen LogP contribution in [0.5, 0.6) is 0 Å². The number of aromatic amines is 1. The second kappa shape index (κ2) is 5.03. The number of hydrogen-bond acceptors (Lipinski definition) is 4. The van der Waals surface area contributed by atoms with Crippen molar-refractivity contribution in [3.05, 3.63) is 11.9 Å². The van der Waals surface area contributed by atoms with E-state index >= 15 is 0 Å². The van der Waals surface area contributed by atoms with Crippen molar-refractivity contribution in [1.29, 1.82) is 0 Å². The second-order valence-electron chi connectivity index (χ2n) is 5.93. The Labute approximate surface area is 109 Å². The highest BCUT2D eigenvalue weighted by molar-refractivity contribution is 6.60. The largest absolute Gasteiger partial charge is 0.495 e. The summed E-state index contributed by atoms with van der Waals surface area (Å²) in [6.45, 7) is 10.8. The van der Waals surface area contributed by atoms with Gasteiger partial charge in [0.2, 0.25) is 0 Å². The molecule has 0 atom stereocenters. The maximum Gasteiger partial charge on any atom is 0.495 e. The van der Waals surface area contributed by atoms with Gasteiger partial charge in [0.25, 0.3) is 0 Å². The van der Waals surface area contributed by atoms with Crippen LogP contribution in [0.15, 0.2) is 6.20 Å². The van der Waals surface area contributed by atoms with Crippen molar-refractivity contribution in [2.75, 3.05) is 0 Å². The van der Waals surface area contributed by atoms with Gasteiger partial charge in [-0.25, -0.2) is 0 Å². The van der Waals surface area contributed by atoms with E-state index in [2.05, 4.69) is 10.2 Å². The highest BCUT2D eigenvalue weighted by Gasteiger charge is 2.40. The smallest absolute Gasteiger partial charge is 0.423 e. The molecule has 1 aromatic rings. The molecule has 0 amide bonds. The molecule has 0 bridgehead atoms. The first-order valence-corrected chi connectivity index (χ1v) is 6.17. The normalized spacial score (nSPS) is 13.2. The first-order chi connectivity index (χ1) is 8.06. The molecule has 5 nitrogen and oxygen atoms in total. The van der Waals surface area contributed by atoms with E-state index < -0.39 is 18.3 Å². The van der Waals surface area contributed by atoms with Crippen molar-refractivity contribution in [1.82, 2.24) is 10.2 Å². The topological polar surface area (TPSA) is 78.4 Å². The quantitative estimate of drug-likeness (QED) is 0.679. The van der Waals surface area contributed by atoms with Gasteiger partial charge in [-0.05, 0) is 33.6 Å². The number of rotatable bonds is 5. The Kier molecular flexibility index (Phi) is 4.25. The van der Waals surface area contributed by atoms with Crippen molar-refractivity contribution < 1.29 is 14.8 Å². The molecule has 0 saturated heterocycles. The Morgan fingerprint density at radius 2 is 1.89 bits per heavy atom. The molecule has 0 aromatic carbocycles. The summed E-state index contributed by atoms with van der Waals surface area (Å²) < 4.78 is 5.58. The summed E-state index contributed by atoms with van der Waals surface area (Å²) in [4.78, 5) is 0. The molecule has 0 fully saturated rings. The summed E-state index contributed by atoms with van der Waals surface area (Å²) >= 11 is 0. The van der Waals surface area contributed by atoms with Crippen LogP contribution in [0.2, 0.25) is 0 Å². The Balaban J connectivity index is 2.89. The average Bonchev–Trinajstić information content (AvgIpc) is 2.62. The van der Waals surface area contributed by atoms with E-state index in [1.807, 2.05) is 13.8 Å². The molecule has 18 heavy (non-hydrogen) atoms. The number of hydrogen-bond donors (Lipinski definition) is 3. The van der Waals surface area contributed by atoms with Crippen LogP contribution in [0.3, 0.4) is 0 Å². The summed E-state index contributed by atoms with van der Waals surface area (Å²) in [5.74, 6) is 0.214. The zero-order valence-corrected chi connectivity index (χ0v) is 12.0. The molecule has 0 aliphatic heterocycles. The van der Waals surface area contributed by atoms with Gasteiger partial charge in [-0.2, -0.15) is 5.10 Å². The van der Waals surface area contributed by atoms with Gasteiger partial charge in [-0.3, -0.25) is 5.10 Å². The average molecular weight is 254 g/mol. The Hall–Kier alpha value is -0.845. The van der Waals surface area contributed by atoms with Crippen LogP contribution in [-0.2, 0) is 4.65 Å². The molecule has 0 aliphatic carbocycles. The zero-order valence-electron chi connectivity index (χ0n) is 12.0. The number of aromatic nitrogens is 2. The van der Waals surface area contributed by atoms with E-state index in [4.69, 9.17) is 4.65 Å². The first-order valence-electron chi connectivity index (χ1n) is 6.17. The Morgan fingerprint density at radius 3 is 2.33 bits per heavy atom. The fourth-order valence-electron chi connectivity index (χ4n) is 1.45. The van der Waals surface area contributed by atoms with Gasteiger partial charge >= 0.3 is 7.12 Å². The molecule has 1 heterocycles. The third-order valence-corrected chi connectivity index (χ3v) is 3.42. The summed E-state index contributed by atoms with van der Waals surface area (Å²) in [6, 6.07) is 0. The number of H-pyrrole nitrogens is 1. The molecule has 0 radical (unpaired) electrons. The lowest BCUT2D eigenvalue weighted by atomic mass is 9.75. The van der Waals surface area contributed by atoms with Crippen LogP contribution < -0.4 is 5.46 Å². The Bertz CT molecular complexity index is 396. The molecule has 6 heteroatoms. The summed E-state index contributed by atoms with van der Waals surface area (Å²) in [6.07, 6.45) is 1.56. The fraction of sp³-hybridized carbons (Fsp3) is 0.750. The van der Waals surface area contributed by atoms with Crippen LogP contribution in [0.25, 0.3) is 0 Å². The van der Waals surface area contributed by atoms with Crippen molar-refractivity contribution in [2.45, 2.75) is 58.7 Å². The second-order valence-corrected chi connectivity index (χ2v) is 5.93. The lowest BCUT2D eigenvalue weighted by Gasteiger charge is -2.38. The standard InChI is InChI=1S/C12H23BN2O3/c1-8(2)10-9(7-14-15-10)13(17)18-12(5,6)11(3,4)16/h7-8,16-17H,1-6H3,(H,14,15). The van der Waals surface area contributed by atoms with E-state index in [1.165, 1.54) is 0 Å². The van der Waals surface area contributed by atoms with Crippen LogP contribution in [0.4, 0.5) is 0 Å². The van der Waals surface area contributed by atoms with Gasteiger partial charge in [0.15, 0.2) is 0 Å². The highest BCUT2D eigenvalue weighted by Crippen LogP contribution is 2.25. The highest BCUT2D eigenvalue weighted by atomic mass is 16.5. The Morgan fingerprint density at radius 1 is 1.33 bits per heavy atom. The summed E-state index contributed by atoms with van der Waals surface area (Å²) in [5.41, 5.74) is -0.482.